The zero-order chi connectivity index (χ0) is 15.6. The van der Waals surface area contributed by atoms with E-state index in [9.17, 15) is 4.79 Å². The number of carbonyl (C=O) groups excluding carboxylic acids is 1. The van der Waals surface area contributed by atoms with Crippen LogP contribution in [0.25, 0.3) is 6.08 Å². The first kappa shape index (κ1) is 15.9. The van der Waals surface area contributed by atoms with E-state index in [4.69, 9.17) is 0 Å². The zero-order valence-electron chi connectivity index (χ0n) is 12.5. The molecule has 0 N–H and O–H groups in total. The minimum Gasteiger partial charge on any atom is -0.289 e. The van der Waals surface area contributed by atoms with Crippen LogP contribution in [0.3, 0.4) is 0 Å². The lowest BCUT2D eigenvalue weighted by molar-refractivity contribution is 0.104. The number of aryl methyl sites for hydroxylation is 2. The van der Waals surface area contributed by atoms with E-state index in [2.05, 4.69) is 52.4 Å². The van der Waals surface area contributed by atoms with Crippen LogP contribution in [0.5, 0.6) is 0 Å². The standard InChI is InChI=1S/C18H18OPSi/c1-11-8-14(9-12(2)13(11)3)4-6-17(19)16-10-15(21)5-7-18(16)20/h4-10H,20H2,1-3H3/b6-4+. The first-order valence-corrected chi connectivity index (χ1v) is 7.87. The molecule has 1 atom stereocenters. The molecule has 0 aliphatic rings. The quantitative estimate of drug-likeness (QED) is 0.369. The van der Waals surface area contributed by atoms with Crippen LogP contribution in [-0.4, -0.2) is 16.0 Å². The molecule has 1 unspecified atom stereocenters. The fraction of sp³-hybridized carbons (Fsp3) is 0.167. The lowest BCUT2D eigenvalue weighted by atomic mass is 10.00. The van der Waals surface area contributed by atoms with Gasteiger partial charge in [0.25, 0.3) is 0 Å². The Balaban J connectivity index is 2.29. The van der Waals surface area contributed by atoms with Crippen LogP contribution >= 0.6 is 9.24 Å². The molecule has 2 aromatic carbocycles. The van der Waals surface area contributed by atoms with Gasteiger partial charge < -0.3 is 0 Å². The summed E-state index contributed by atoms with van der Waals surface area (Å²) in [4.78, 5) is 12.3. The highest BCUT2D eigenvalue weighted by Gasteiger charge is 2.06. The predicted molar refractivity (Wildman–Crippen MR) is 95.2 cm³/mol. The van der Waals surface area contributed by atoms with Crippen molar-refractivity contribution >= 4 is 41.8 Å². The Labute approximate surface area is 132 Å². The maximum atomic E-state index is 12.3. The second kappa shape index (κ2) is 6.51. The van der Waals surface area contributed by atoms with E-state index >= 15 is 0 Å². The molecule has 1 nitrogen and oxygen atoms in total. The van der Waals surface area contributed by atoms with Gasteiger partial charge in [-0.15, -0.1) is 9.24 Å². The Morgan fingerprint density at radius 3 is 2.33 bits per heavy atom. The largest absolute Gasteiger partial charge is 0.289 e. The van der Waals surface area contributed by atoms with E-state index in [1.807, 2.05) is 24.3 Å². The molecule has 0 aliphatic carbocycles. The SMILES string of the molecule is Cc1cc(/C=C/C(=O)c2cc([Si])ccc2P)cc(C)c1C. The number of hydrogen-bond donors (Lipinski definition) is 0. The summed E-state index contributed by atoms with van der Waals surface area (Å²) in [6.07, 6.45) is 3.52. The Hall–Kier alpha value is -1.50. The monoisotopic (exact) mass is 309 g/mol. The second-order valence-corrected chi connectivity index (χ2v) is 6.48. The molecule has 0 aliphatic heterocycles. The zero-order valence-corrected chi connectivity index (χ0v) is 14.7. The van der Waals surface area contributed by atoms with Crippen LogP contribution in [0.4, 0.5) is 0 Å². The Kier molecular flexibility index (Phi) is 4.92. The van der Waals surface area contributed by atoms with Crippen LogP contribution < -0.4 is 10.5 Å². The normalized spacial score (nSPS) is 11.1. The second-order valence-electron chi connectivity index (χ2n) is 5.28. The number of carbonyl (C=O) groups is 1. The molecule has 3 heteroatoms. The van der Waals surface area contributed by atoms with Gasteiger partial charge in [-0.1, -0.05) is 41.6 Å². The van der Waals surface area contributed by atoms with Gasteiger partial charge in [0.15, 0.2) is 5.78 Å². The van der Waals surface area contributed by atoms with Crippen molar-refractivity contribution in [1.82, 2.24) is 0 Å². The van der Waals surface area contributed by atoms with Crippen molar-refractivity contribution in [3.8, 4) is 0 Å². The van der Waals surface area contributed by atoms with E-state index in [0.29, 0.717) is 5.56 Å². The molecule has 0 saturated heterocycles. The lowest BCUT2D eigenvalue weighted by Gasteiger charge is -2.06. The van der Waals surface area contributed by atoms with Crippen molar-refractivity contribution in [3.63, 3.8) is 0 Å². The van der Waals surface area contributed by atoms with Crippen molar-refractivity contribution in [1.29, 1.82) is 0 Å². The molecule has 0 spiro atoms. The molecule has 0 bridgehead atoms. The smallest absolute Gasteiger partial charge is 0.186 e. The Morgan fingerprint density at radius 2 is 1.71 bits per heavy atom. The van der Waals surface area contributed by atoms with E-state index in [0.717, 1.165) is 16.1 Å². The summed E-state index contributed by atoms with van der Waals surface area (Å²) in [6.45, 7) is 6.30. The van der Waals surface area contributed by atoms with E-state index in [-0.39, 0.29) is 5.78 Å². The molecule has 0 amide bonds. The van der Waals surface area contributed by atoms with Gasteiger partial charge in [0.2, 0.25) is 0 Å². The average molecular weight is 309 g/mol. The van der Waals surface area contributed by atoms with Crippen LogP contribution in [0.15, 0.2) is 36.4 Å². The summed E-state index contributed by atoms with van der Waals surface area (Å²) in [6, 6.07) is 9.89. The molecular formula is C18H18OPSi. The van der Waals surface area contributed by atoms with Gasteiger partial charge in [-0.25, -0.2) is 0 Å². The number of benzene rings is 2. The van der Waals surface area contributed by atoms with Gasteiger partial charge >= 0.3 is 0 Å². The van der Waals surface area contributed by atoms with Gasteiger partial charge in [0.1, 0.15) is 0 Å². The highest BCUT2D eigenvalue weighted by molar-refractivity contribution is 7.27. The Morgan fingerprint density at radius 1 is 1.10 bits per heavy atom. The minimum atomic E-state index is 0.0102. The molecule has 0 saturated carbocycles. The summed E-state index contributed by atoms with van der Waals surface area (Å²) in [7, 11) is 6.06. The maximum Gasteiger partial charge on any atom is 0.186 e. The summed E-state index contributed by atoms with van der Waals surface area (Å²) >= 11 is 0. The minimum absolute atomic E-state index is 0.0102. The van der Waals surface area contributed by atoms with Crippen molar-refractivity contribution in [2.45, 2.75) is 20.8 Å². The maximum absolute atomic E-state index is 12.3. The van der Waals surface area contributed by atoms with E-state index in [1.165, 1.54) is 16.7 Å². The number of allylic oxidation sites excluding steroid dienone is 1. The van der Waals surface area contributed by atoms with Gasteiger partial charge in [-0.2, -0.15) is 0 Å². The molecule has 3 radical (unpaired) electrons. The van der Waals surface area contributed by atoms with Crippen LogP contribution in [0.2, 0.25) is 0 Å². The number of rotatable bonds is 3. The third-order valence-corrected chi connectivity index (χ3v) is 4.51. The molecule has 0 fully saturated rings. The molecular weight excluding hydrogens is 291 g/mol. The molecule has 0 heterocycles. The van der Waals surface area contributed by atoms with Crippen molar-refractivity contribution in [3.05, 3.63) is 64.2 Å². The third kappa shape index (κ3) is 3.78. The van der Waals surface area contributed by atoms with Gasteiger partial charge in [-0.05, 0) is 54.4 Å². The topological polar surface area (TPSA) is 17.1 Å². The fourth-order valence-electron chi connectivity index (χ4n) is 2.20. The van der Waals surface area contributed by atoms with Crippen LogP contribution in [0.1, 0.15) is 32.6 Å². The predicted octanol–water partition coefficient (Wildman–Crippen LogP) is 2.80. The van der Waals surface area contributed by atoms with E-state index in [1.54, 1.807) is 6.08 Å². The van der Waals surface area contributed by atoms with Crippen LogP contribution in [0, 0.1) is 20.8 Å². The fourth-order valence-corrected chi connectivity index (χ4v) is 2.75. The summed E-state index contributed by atoms with van der Waals surface area (Å²) < 4.78 is 0. The number of hydrogen-bond acceptors (Lipinski definition) is 1. The highest BCUT2D eigenvalue weighted by atomic mass is 31.0. The molecule has 105 valence electrons. The van der Waals surface area contributed by atoms with E-state index < -0.39 is 0 Å². The van der Waals surface area contributed by atoms with Crippen molar-refractivity contribution < 1.29 is 4.79 Å². The van der Waals surface area contributed by atoms with Gasteiger partial charge in [-0.3, -0.25) is 4.79 Å². The summed E-state index contributed by atoms with van der Waals surface area (Å²) in [5, 5.41) is 1.81. The summed E-state index contributed by atoms with van der Waals surface area (Å²) in [5.41, 5.74) is 5.55. The highest BCUT2D eigenvalue weighted by Crippen LogP contribution is 2.16. The van der Waals surface area contributed by atoms with Crippen molar-refractivity contribution in [2.24, 2.45) is 0 Å². The lowest BCUT2D eigenvalue weighted by Crippen LogP contribution is -2.14. The Bertz CT molecular complexity index is 709. The summed E-state index contributed by atoms with van der Waals surface area (Å²) in [5.74, 6) is 0.0102. The molecule has 2 aromatic rings. The molecule has 0 aromatic heterocycles. The molecule has 21 heavy (non-hydrogen) atoms. The number of ketones is 1. The molecule has 2 rings (SSSR count). The van der Waals surface area contributed by atoms with Gasteiger partial charge in [0.05, 0.1) is 10.2 Å². The third-order valence-electron chi connectivity index (χ3n) is 3.70. The van der Waals surface area contributed by atoms with Gasteiger partial charge in [0, 0.05) is 5.56 Å². The first-order valence-electron chi connectivity index (χ1n) is 6.80. The first-order chi connectivity index (χ1) is 9.88. The average Bonchev–Trinajstić information content (AvgIpc) is 2.44. The van der Waals surface area contributed by atoms with Crippen molar-refractivity contribution in [2.75, 3.05) is 0 Å². The van der Waals surface area contributed by atoms with Crippen LogP contribution in [-0.2, 0) is 0 Å².